The first-order valence-corrected chi connectivity index (χ1v) is 13.4. The fourth-order valence-electron chi connectivity index (χ4n) is 5.62. The van der Waals surface area contributed by atoms with Gasteiger partial charge in [0.15, 0.2) is 0 Å². The smallest absolute Gasteiger partial charge is 0.0933 e. The summed E-state index contributed by atoms with van der Waals surface area (Å²) in [6.07, 6.45) is 26.4. The molecule has 3 fully saturated rings. The van der Waals surface area contributed by atoms with Crippen LogP contribution in [-0.4, -0.2) is 18.8 Å². The van der Waals surface area contributed by atoms with Crippen LogP contribution in [0.4, 0.5) is 0 Å². The van der Waals surface area contributed by atoms with Gasteiger partial charge in [-0.15, -0.1) is 0 Å². The lowest BCUT2D eigenvalue weighted by Crippen LogP contribution is -2.28. The molecular weight excluding hydrogens is 356 g/mol. The average molecular weight is 407 g/mol. The standard InChI is InChI=1S/C27H50O2/c1-2-3-4-5-6-7-8-15-22-29-27-21-20-26(28)23-24-16-11-9-13-18-25(27)19-14-10-12-17-24/h24-27H,1-23H2. The second-order valence-corrected chi connectivity index (χ2v) is 10.1. The molecule has 3 aliphatic carbocycles. The van der Waals surface area contributed by atoms with E-state index in [2.05, 4.69) is 6.92 Å². The van der Waals surface area contributed by atoms with E-state index in [0.717, 1.165) is 32.3 Å². The van der Waals surface area contributed by atoms with Crippen molar-refractivity contribution in [2.45, 2.75) is 147 Å². The summed E-state index contributed by atoms with van der Waals surface area (Å²) in [5.74, 6) is 1.39. The molecule has 2 bridgehead atoms. The highest BCUT2D eigenvalue weighted by Crippen LogP contribution is 2.32. The second kappa shape index (κ2) is 16.6. The third-order valence-electron chi connectivity index (χ3n) is 7.50. The second-order valence-electron chi connectivity index (χ2n) is 10.1. The molecule has 2 unspecified atom stereocenters. The molecule has 3 rings (SSSR count). The van der Waals surface area contributed by atoms with Crippen LogP contribution in [0.3, 0.4) is 0 Å². The van der Waals surface area contributed by atoms with Crippen LogP contribution in [0.25, 0.3) is 0 Å². The number of hydrogen-bond acceptors (Lipinski definition) is 1. The number of ether oxygens (including phenoxy) is 1. The molecule has 0 saturated heterocycles. The summed E-state index contributed by atoms with van der Waals surface area (Å²) in [5, 5.41) is 12.7. The summed E-state index contributed by atoms with van der Waals surface area (Å²) in [6, 6.07) is 0. The van der Waals surface area contributed by atoms with E-state index < -0.39 is 0 Å². The minimum atomic E-state index is -0.357. The first-order chi connectivity index (χ1) is 14.3. The van der Waals surface area contributed by atoms with Crippen LogP contribution in [0, 0.1) is 18.8 Å². The average Bonchev–Trinajstić information content (AvgIpc) is 2.70. The molecule has 0 aliphatic heterocycles. The van der Waals surface area contributed by atoms with Crippen molar-refractivity contribution in [3.63, 3.8) is 0 Å². The van der Waals surface area contributed by atoms with Gasteiger partial charge in [-0.25, -0.2) is 5.11 Å². The SMILES string of the molecule is [CH2]CCCCCCCCCOC1CCC([O])CC2CCCCCC1CCCCC2. The maximum atomic E-state index is 12.7. The van der Waals surface area contributed by atoms with Gasteiger partial charge in [-0.05, 0) is 50.4 Å². The Morgan fingerprint density at radius 3 is 1.90 bits per heavy atom. The van der Waals surface area contributed by atoms with Gasteiger partial charge < -0.3 is 4.74 Å². The fourth-order valence-corrected chi connectivity index (χ4v) is 5.62. The van der Waals surface area contributed by atoms with Crippen molar-refractivity contribution < 1.29 is 9.84 Å². The lowest BCUT2D eigenvalue weighted by molar-refractivity contribution is -0.0225. The molecule has 3 saturated carbocycles. The van der Waals surface area contributed by atoms with Crippen LogP contribution in [0.2, 0.25) is 0 Å². The molecule has 2 radical (unpaired) electrons. The maximum absolute atomic E-state index is 12.7. The summed E-state index contributed by atoms with van der Waals surface area (Å²) >= 11 is 0. The zero-order chi connectivity index (χ0) is 20.6. The van der Waals surface area contributed by atoms with Crippen LogP contribution in [-0.2, 0) is 9.84 Å². The van der Waals surface area contributed by atoms with Crippen LogP contribution < -0.4 is 0 Å². The van der Waals surface area contributed by atoms with Crippen molar-refractivity contribution in [2.24, 2.45) is 11.8 Å². The Balaban J connectivity index is 1.77. The molecule has 0 spiro atoms. The monoisotopic (exact) mass is 406 g/mol. The quantitative estimate of drug-likeness (QED) is 0.334. The zero-order valence-corrected chi connectivity index (χ0v) is 19.4. The van der Waals surface area contributed by atoms with Crippen molar-refractivity contribution in [3.05, 3.63) is 6.92 Å². The van der Waals surface area contributed by atoms with Gasteiger partial charge in [-0.1, -0.05) is 103 Å². The van der Waals surface area contributed by atoms with E-state index in [9.17, 15) is 5.11 Å². The van der Waals surface area contributed by atoms with Crippen LogP contribution in [0.1, 0.15) is 135 Å². The van der Waals surface area contributed by atoms with Gasteiger partial charge in [0.1, 0.15) is 0 Å². The number of unbranched alkanes of at least 4 members (excludes halogenated alkanes) is 7. The third-order valence-corrected chi connectivity index (χ3v) is 7.50. The van der Waals surface area contributed by atoms with Gasteiger partial charge in [0.05, 0.1) is 12.2 Å². The maximum Gasteiger partial charge on any atom is 0.0933 e. The molecular formula is C27H50O2. The minimum Gasteiger partial charge on any atom is -0.378 e. The van der Waals surface area contributed by atoms with E-state index in [1.807, 2.05) is 0 Å². The molecule has 2 atom stereocenters. The van der Waals surface area contributed by atoms with Crippen molar-refractivity contribution in [2.75, 3.05) is 6.61 Å². The Morgan fingerprint density at radius 1 is 0.655 bits per heavy atom. The molecule has 0 aromatic carbocycles. The highest BCUT2D eigenvalue weighted by atomic mass is 16.5. The van der Waals surface area contributed by atoms with Crippen LogP contribution in [0.5, 0.6) is 0 Å². The predicted molar refractivity (Wildman–Crippen MR) is 124 cm³/mol. The first kappa shape index (κ1) is 25.2. The molecule has 170 valence electrons. The highest BCUT2D eigenvalue weighted by molar-refractivity contribution is 4.77. The Labute approximate surface area is 182 Å². The summed E-state index contributed by atoms with van der Waals surface area (Å²) in [4.78, 5) is 0. The van der Waals surface area contributed by atoms with Crippen molar-refractivity contribution in [3.8, 4) is 0 Å². The van der Waals surface area contributed by atoms with E-state index in [1.54, 1.807) is 0 Å². The zero-order valence-electron chi connectivity index (χ0n) is 19.4. The lowest BCUT2D eigenvalue weighted by atomic mass is 9.82. The van der Waals surface area contributed by atoms with Gasteiger partial charge in [0, 0.05) is 6.61 Å². The summed E-state index contributed by atoms with van der Waals surface area (Å²) in [6.45, 7) is 4.83. The molecule has 2 nitrogen and oxygen atoms in total. The minimum absolute atomic E-state index is 0.348. The van der Waals surface area contributed by atoms with Crippen molar-refractivity contribution in [1.82, 2.24) is 0 Å². The number of hydrogen-bond donors (Lipinski definition) is 0. The molecule has 2 heteroatoms. The van der Waals surface area contributed by atoms with Crippen LogP contribution in [0.15, 0.2) is 0 Å². The molecule has 29 heavy (non-hydrogen) atoms. The summed E-state index contributed by atoms with van der Waals surface area (Å²) in [5.41, 5.74) is 0. The van der Waals surface area contributed by atoms with Gasteiger partial charge in [0.25, 0.3) is 0 Å². The molecule has 0 amide bonds. The van der Waals surface area contributed by atoms with Gasteiger partial charge in [-0.3, -0.25) is 0 Å². The molecule has 0 heterocycles. The fraction of sp³-hybridized carbons (Fsp3) is 0.963. The molecule has 0 aromatic rings. The summed E-state index contributed by atoms with van der Waals surface area (Å²) < 4.78 is 6.49. The van der Waals surface area contributed by atoms with E-state index in [1.165, 1.54) is 109 Å². The molecule has 0 N–H and O–H groups in total. The van der Waals surface area contributed by atoms with Crippen LogP contribution >= 0.6 is 0 Å². The van der Waals surface area contributed by atoms with Gasteiger partial charge in [0.2, 0.25) is 0 Å². The topological polar surface area (TPSA) is 29.1 Å². The molecule has 3 aliphatic rings. The summed E-state index contributed by atoms with van der Waals surface area (Å²) in [7, 11) is 0. The Kier molecular flexibility index (Phi) is 14.4. The third kappa shape index (κ3) is 11.8. The first-order valence-electron chi connectivity index (χ1n) is 13.4. The van der Waals surface area contributed by atoms with Gasteiger partial charge >= 0.3 is 0 Å². The number of fused-ring (bicyclic) bond motifs is 12. The van der Waals surface area contributed by atoms with Crippen molar-refractivity contribution >= 4 is 0 Å². The predicted octanol–water partition coefficient (Wildman–Crippen LogP) is 8.46. The number of rotatable bonds is 10. The highest BCUT2D eigenvalue weighted by Gasteiger charge is 2.26. The van der Waals surface area contributed by atoms with Gasteiger partial charge in [-0.2, -0.15) is 0 Å². The Hall–Kier alpha value is -0.0800. The Bertz CT molecular complexity index is 356. The lowest BCUT2D eigenvalue weighted by Gasteiger charge is -2.30. The van der Waals surface area contributed by atoms with E-state index in [-0.39, 0.29) is 6.10 Å². The largest absolute Gasteiger partial charge is 0.378 e. The van der Waals surface area contributed by atoms with E-state index in [0.29, 0.717) is 17.9 Å². The molecule has 0 aromatic heterocycles. The van der Waals surface area contributed by atoms with E-state index in [4.69, 9.17) is 4.74 Å². The van der Waals surface area contributed by atoms with E-state index >= 15 is 0 Å². The normalized spacial score (nSPS) is 30.0. The van der Waals surface area contributed by atoms with Crippen molar-refractivity contribution in [1.29, 1.82) is 0 Å². The Morgan fingerprint density at radius 2 is 1.24 bits per heavy atom.